The van der Waals surface area contributed by atoms with Crippen LogP contribution < -0.4 is 15.5 Å². The van der Waals surface area contributed by atoms with Crippen LogP contribution in [0.4, 0.5) is 11.8 Å². The predicted octanol–water partition coefficient (Wildman–Crippen LogP) is 3.46. The van der Waals surface area contributed by atoms with Gasteiger partial charge in [-0.15, -0.1) is 0 Å². The molecule has 0 bridgehead atoms. The third-order valence-electron chi connectivity index (χ3n) is 4.58. The van der Waals surface area contributed by atoms with Gasteiger partial charge in [-0.1, -0.05) is 22.0 Å². The van der Waals surface area contributed by atoms with Crippen LogP contribution in [-0.2, 0) is 0 Å². The molecule has 0 aliphatic heterocycles. The van der Waals surface area contributed by atoms with E-state index >= 15 is 0 Å². The van der Waals surface area contributed by atoms with Crippen molar-refractivity contribution in [2.45, 2.75) is 37.8 Å². The van der Waals surface area contributed by atoms with Crippen molar-refractivity contribution >= 4 is 33.6 Å². The molecule has 1 saturated carbocycles. The fourth-order valence-electron chi connectivity index (χ4n) is 3.13. The molecule has 138 valence electrons. The highest BCUT2D eigenvalue weighted by Gasteiger charge is 2.23. The maximum atomic E-state index is 12.4. The maximum Gasteiger partial charge on any atom is 0.251 e. The van der Waals surface area contributed by atoms with E-state index in [9.17, 15) is 4.79 Å². The monoisotopic (exact) mass is 417 g/mol. The number of hydrogen-bond acceptors (Lipinski definition) is 5. The lowest BCUT2D eigenvalue weighted by Crippen LogP contribution is -2.40. The number of anilines is 2. The summed E-state index contributed by atoms with van der Waals surface area (Å²) < 4.78 is 0.915. The number of hydrogen-bond donors (Lipinski definition) is 2. The molecule has 0 saturated heterocycles. The van der Waals surface area contributed by atoms with E-state index in [4.69, 9.17) is 0 Å². The van der Waals surface area contributed by atoms with Crippen molar-refractivity contribution < 1.29 is 4.79 Å². The van der Waals surface area contributed by atoms with Crippen LogP contribution in [0.15, 0.2) is 41.0 Å². The molecule has 1 heterocycles. The van der Waals surface area contributed by atoms with Gasteiger partial charge in [-0.25, -0.2) is 4.98 Å². The van der Waals surface area contributed by atoms with Gasteiger partial charge in [0.1, 0.15) is 5.82 Å². The zero-order chi connectivity index (χ0) is 18.5. The van der Waals surface area contributed by atoms with E-state index in [0.717, 1.165) is 36.0 Å². The van der Waals surface area contributed by atoms with Crippen LogP contribution >= 0.6 is 15.9 Å². The van der Waals surface area contributed by atoms with Gasteiger partial charge in [-0.2, -0.15) is 4.98 Å². The molecule has 6 nitrogen and oxygen atoms in total. The Morgan fingerprint density at radius 2 is 1.88 bits per heavy atom. The summed E-state index contributed by atoms with van der Waals surface area (Å²) in [5.74, 6) is 1.54. The average Bonchev–Trinajstić information content (AvgIpc) is 2.63. The van der Waals surface area contributed by atoms with Crippen molar-refractivity contribution in [1.82, 2.24) is 15.3 Å². The molecule has 3 rings (SSSR count). The van der Waals surface area contributed by atoms with E-state index in [1.54, 1.807) is 6.20 Å². The third-order valence-corrected chi connectivity index (χ3v) is 5.07. The van der Waals surface area contributed by atoms with Gasteiger partial charge in [0.05, 0.1) is 0 Å². The van der Waals surface area contributed by atoms with Crippen molar-refractivity contribution in [2.24, 2.45) is 0 Å². The minimum absolute atomic E-state index is 0.00951. The lowest BCUT2D eigenvalue weighted by Gasteiger charge is -2.29. The van der Waals surface area contributed by atoms with Crippen LogP contribution in [0, 0.1) is 0 Å². The molecule has 0 atom stereocenters. The minimum Gasteiger partial charge on any atom is -0.363 e. The molecule has 0 spiro atoms. The van der Waals surface area contributed by atoms with E-state index in [2.05, 4.69) is 36.5 Å². The van der Waals surface area contributed by atoms with Crippen molar-refractivity contribution in [3.8, 4) is 0 Å². The van der Waals surface area contributed by atoms with Crippen molar-refractivity contribution in [3.63, 3.8) is 0 Å². The first-order valence-corrected chi connectivity index (χ1v) is 9.64. The summed E-state index contributed by atoms with van der Waals surface area (Å²) in [6.45, 7) is 0. The molecule has 2 N–H and O–H groups in total. The lowest BCUT2D eigenvalue weighted by molar-refractivity contribution is 0.0926. The molecule has 1 aliphatic rings. The number of carbonyl (C=O) groups is 1. The molecule has 0 unspecified atom stereocenters. The van der Waals surface area contributed by atoms with E-state index in [-0.39, 0.29) is 11.9 Å². The second-order valence-electron chi connectivity index (χ2n) is 6.81. The van der Waals surface area contributed by atoms with Gasteiger partial charge in [0.25, 0.3) is 5.91 Å². The quantitative estimate of drug-likeness (QED) is 0.779. The number of halogens is 1. The zero-order valence-corrected chi connectivity index (χ0v) is 16.7. The van der Waals surface area contributed by atoms with Crippen LogP contribution in [0.5, 0.6) is 0 Å². The summed E-state index contributed by atoms with van der Waals surface area (Å²) in [5, 5.41) is 6.57. The van der Waals surface area contributed by atoms with Crippen LogP contribution in [0.2, 0.25) is 0 Å². The van der Waals surface area contributed by atoms with Crippen LogP contribution in [0.3, 0.4) is 0 Å². The highest BCUT2D eigenvalue weighted by Crippen LogP contribution is 2.22. The van der Waals surface area contributed by atoms with Crippen molar-refractivity contribution in [2.75, 3.05) is 24.3 Å². The topological polar surface area (TPSA) is 70.2 Å². The van der Waals surface area contributed by atoms with Gasteiger partial charge < -0.3 is 15.5 Å². The number of carbonyl (C=O) groups excluding carboxylic acids is 1. The first-order valence-electron chi connectivity index (χ1n) is 8.84. The molecular formula is C19H24BrN5O. The number of benzene rings is 1. The van der Waals surface area contributed by atoms with Crippen molar-refractivity contribution in [1.29, 1.82) is 0 Å². The normalized spacial score (nSPS) is 19.7. The van der Waals surface area contributed by atoms with Crippen molar-refractivity contribution in [3.05, 3.63) is 46.6 Å². The van der Waals surface area contributed by atoms with Gasteiger partial charge in [0.2, 0.25) is 5.95 Å². The summed E-state index contributed by atoms with van der Waals surface area (Å²) >= 11 is 3.41. The highest BCUT2D eigenvalue weighted by molar-refractivity contribution is 9.10. The minimum atomic E-state index is -0.00951. The van der Waals surface area contributed by atoms with Gasteiger partial charge in [-0.05, 0) is 49.9 Å². The van der Waals surface area contributed by atoms with Crippen LogP contribution in [0.1, 0.15) is 36.0 Å². The Kier molecular flexibility index (Phi) is 6.08. The van der Waals surface area contributed by atoms with Gasteiger partial charge in [0, 0.05) is 42.4 Å². The van der Waals surface area contributed by atoms with E-state index in [0.29, 0.717) is 17.6 Å². The predicted molar refractivity (Wildman–Crippen MR) is 108 cm³/mol. The molecule has 26 heavy (non-hydrogen) atoms. The number of rotatable bonds is 5. The Morgan fingerprint density at radius 3 is 2.58 bits per heavy atom. The Labute approximate surface area is 162 Å². The first-order chi connectivity index (χ1) is 12.5. The number of aromatic nitrogens is 2. The van der Waals surface area contributed by atoms with Crippen LogP contribution in [0.25, 0.3) is 0 Å². The largest absolute Gasteiger partial charge is 0.363 e. The van der Waals surface area contributed by atoms with E-state index < -0.39 is 0 Å². The molecule has 1 aromatic carbocycles. The summed E-state index contributed by atoms with van der Waals surface area (Å²) in [5.41, 5.74) is 0.688. The SMILES string of the molecule is CN(C)c1ccnc(NC2CCC(NC(=O)c3cccc(Br)c3)CC2)n1. The third kappa shape index (κ3) is 4.94. The Morgan fingerprint density at radius 1 is 1.15 bits per heavy atom. The lowest BCUT2D eigenvalue weighted by atomic mass is 9.91. The molecular weight excluding hydrogens is 394 g/mol. The van der Waals surface area contributed by atoms with Gasteiger partial charge >= 0.3 is 0 Å². The fourth-order valence-corrected chi connectivity index (χ4v) is 3.53. The molecule has 1 aromatic heterocycles. The second-order valence-corrected chi connectivity index (χ2v) is 7.73. The van der Waals surface area contributed by atoms with Crippen LogP contribution in [-0.4, -0.2) is 42.1 Å². The summed E-state index contributed by atoms with van der Waals surface area (Å²) in [7, 11) is 3.93. The fraction of sp³-hybridized carbons (Fsp3) is 0.421. The Hall–Kier alpha value is -2.15. The van der Waals surface area contributed by atoms with E-state index in [1.807, 2.05) is 49.3 Å². The second kappa shape index (κ2) is 8.49. The molecule has 1 amide bonds. The smallest absolute Gasteiger partial charge is 0.251 e. The Balaban J connectivity index is 1.50. The molecule has 1 aliphatic carbocycles. The maximum absolute atomic E-state index is 12.4. The molecule has 1 fully saturated rings. The Bertz CT molecular complexity index is 759. The highest BCUT2D eigenvalue weighted by atomic mass is 79.9. The number of nitrogens with one attached hydrogen (secondary N) is 2. The first kappa shape index (κ1) is 18.6. The van der Waals surface area contributed by atoms with Gasteiger partial charge in [0.15, 0.2) is 0 Å². The standard InChI is InChI=1S/C19H24BrN5O/c1-25(2)17-10-11-21-19(24-17)23-16-8-6-15(7-9-16)22-18(26)13-4-3-5-14(20)12-13/h3-5,10-12,15-16H,6-9H2,1-2H3,(H,22,26)(H,21,23,24). The summed E-state index contributed by atoms with van der Waals surface area (Å²) in [4.78, 5) is 23.1. The molecule has 2 aromatic rings. The van der Waals surface area contributed by atoms with Gasteiger partial charge in [-0.3, -0.25) is 4.79 Å². The number of amides is 1. The van der Waals surface area contributed by atoms with E-state index in [1.165, 1.54) is 0 Å². The molecule has 7 heteroatoms. The average molecular weight is 418 g/mol. The summed E-state index contributed by atoms with van der Waals surface area (Å²) in [6.07, 6.45) is 5.64. The number of nitrogens with zero attached hydrogens (tertiary/aromatic N) is 3. The zero-order valence-electron chi connectivity index (χ0n) is 15.1. The summed E-state index contributed by atoms with van der Waals surface area (Å²) in [6, 6.07) is 9.92. The molecule has 0 radical (unpaired) electrons.